The van der Waals surface area contributed by atoms with Crippen LogP contribution in [-0.2, 0) is 4.79 Å². The third kappa shape index (κ3) is 12.2. The van der Waals surface area contributed by atoms with Gasteiger partial charge in [0.25, 0.3) is 0 Å². The van der Waals surface area contributed by atoms with Gasteiger partial charge in [0.05, 0.1) is 0 Å². The number of thioether (sulfide) groups is 1. The Kier molecular flexibility index (Phi) is 11.4. The normalized spacial score (nSPS) is 13.8. The van der Waals surface area contributed by atoms with E-state index in [1.165, 1.54) is 31.4 Å². The summed E-state index contributed by atoms with van der Waals surface area (Å²) in [5.41, 5.74) is 0.278. The fraction of sp³-hybridized carbons (Fsp3) is 0.952. The lowest BCUT2D eigenvalue weighted by Gasteiger charge is -2.36. The maximum Gasteiger partial charge on any atom is 0.222 e. The largest absolute Gasteiger partial charge is 0.338 e. The first kappa shape index (κ1) is 23.8. The maximum absolute atomic E-state index is 12.7. The molecule has 0 saturated carbocycles. The zero-order valence-corrected chi connectivity index (χ0v) is 18.5. The van der Waals surface area contributed by atoms with Gasteiger partial charge >= 0.3 is 0 Å². The van der Waals surface area contributed by atoms with Crippen LogP contribution in [0.3, 0.4) is 0 Å². The van der Waals surface area contributed by atoms with Crippen LogP contribution in [0.1, 0.15) is 93.4 Å². The molecule has 0 aromatic heterocycles. The third-order valence-corrected chi connectivity index (χ3v) is 5.22. The molecule has 24 heavy (non-hydrogen) atoms. The lowest BCUT2D eigenvalue weighted by molar-refractivity contribution is -0.136. The lowest BCUT2D eigenvalue weighted by atomic mass is 9.90. The molecule has 1 atom stereocenters. The van der Waals surface area contributed by atoms with Gasteiger partial charge in [-0.2, -0.15) is 11.8 Å². The number of hydrogen-bond acceptors (Lipinski definition) is 2. The predicted octanol–water partition coefficient (Wildman–Crippen LogP) is 6.39. The Morgan fingerprint density at radius 3 is 2.12 bits per heavy atom. The molecule has 2 nitrogen and oxygen atoms in total. The van der Waals surface area contributed by atoms with Gasteiger partial charge in [-0.25, -0.2) is 0 Å². The zero-order chi connectivity index (χ0) is 18.8. The van der Waals surface area contributed by atoms with Gasteiger partial charge in [0.2, 0.25) is 5.91 Å². The van der Waals surface area contributed by atoms with Crippen molar-refractivity contribution >= 4 is 17.7 Å². The number of carbonyl (C=O) groups excluding carboxylic acids is 1. The van der Waals surface area contributed by atoms with Gasteiger partial charge in [-0.05, 0) is 69.8 Å². The smallest absolute Gasteiger partial charge is 0.222 e. The molecule has 1 amide bonds. The second-order valence-electron chi connectivity index (χ2n) is 9.51. The second-order valence-corrected chi connectivity index (χ2v) is 10.5. The highest BCUT2D eigenvalue weighted by Crippen LogP contribution is 2.23. The summed E-state index contributed by atoms with van der Waals surface area (Å²) < 4.78 is 0. The Labute approximate surface area is 156 Å². The Balaban J connectivity index is 4.23. The molecule has 0 N–H and O–H groups in total. The fourth-order valence-electron chi connectivity index (χ4n) is 2.97. The quantitative estimate of drug-likeness (QED) is 0.399. The molecule has 144 valence electrons. The molecular weight excluding hydrogens is 314 g/mol. The summed E-state index contributed by atoms with van der Waals surface area (Å²) in [6, 6.07) is 0. The van der Waals surface area contributed by atoms with E-state index in [0.717, 1.165) is 25.3 Å². The van der Waals surface area contributed by atoms with Crippen LogP contribution < -0.4 is 0 Å². The molecule has 0 radical (unpaired) electrons. The summed E-state index contributed by atoms with van der Waals surface area (Å²) in [7, 11) is 0. The van der Waals surface area contributed by atoms with Crippen molar-refractivity contribution < 1.29 is 4.79 Å². The van der Waals surface area contributed by atoms with Gasteiger partial charge in [0.1, 0.15) is 0 Å². The van der Waals surface area contributed by atoms with Crippen molar-refractivity contribution in [3.63, 3.8) is 0 Å². The van der Waals surface area contributed by atoms with Crippen LogP contribution in [0.5, 0.6) is 0 Å². The van der Waals surface area contributed by atoms with Gasteiger partial charge in [-0.3, -0.25) is 4.79 Å². The molecule has 0 saturated heterocycles. The first-order valence-electron chi connectivity index (χ1n) is 9.77. The molecule has 1 unspecified atom stereocenters. The van der Waals surface area contributed by atoms with Crippen molar-refractivity contribution in [2.45, 2.75) is 99.0 Å². The molecule has 0 aliphatic carbocycles. The van der Waals surface area contributed by atoms with E-state index in [-0.39, 0.29) is 5.54 Å². The van der Waals surface area contributed by atoms with Crippen LogP contribution in [-0.4, -0.2) is 34.9 Å². The number of amides is 1. The molecule has 0 aromatic carbocycles. The second kappa shape index (κ2) is 11.4. The van der Waals surface area contributed by atoms with E-state index in [2.05, 4.69) is 59.6 Å². The van der Waals surface area contributed by atoms with E-state index < -0.39 is 0 Å². The molecule has 0 spiro atoms. The summed E-state index contributed by atoms with van der Waals surface area (Å²) in [5, 5.41) is 0. The van der Waals surface area contributed by atoms with Gasteiger partial charge < -0.3 is 4.90 Å². The number of carbonyl (C=O) groups is 1. The first-order valence-corrected chi connectivity index (χ1v) is 11.2. The molecule has 3 heteroatoms. The first-order chi connectivity index (χ1) is 11.0. The average Bonchev–Trinajstić information content (AvgIpc) is 2.43. The van der Waals surface area contributed by atoms with Crippen molar-refractivity contribution in [3.05, 3.63) is 0 Å². The summed E-state index contributed by atoms with van der Waals surface area (Å²) in [6.07, 6.45) is 9.92. The number of hydrogen-bond donors (Lipinski definition) is 0. The van der Waals surface area contributed by atoms with E-state index in [0.29, 0.717) is 17.7 Å². The van der Waals surface area contributed by atoms with E-state index in [4.69, 9.17) is 0 Å². The van der Waals surface area contributed by atoms with E-state index >= 15 is 0 Å². The highest BCUT2D eigenvalue weighted by atomic mass is 32.2. The van der Waals surface area contributed by atoms with Gasteiger partial charge in [-0.1, -0.05) is 40.5 Å². The summed E-state index contributed by atoms with van der Waals surface area (Å²) in [6.45, 7) is 16.5. The van der Waals surface area contributed by atoms with Crippen LogP contribution in [0.25, 0.3) is 0 Å². The van der Waals surface area contributed by atoms with Crippen molar-refractivity contribution in [2.24, 2.45) is 11.3 Å². The van der Waals surface area contributed by atoms with Crippen LogP contribution in [0.4, 0.5) is 0 Å². The van der Waals surface area contributed by atoms with Crippen molar-refractivity contribution in [2.75, 3.05) is 18.6 Å². The maximum atomic E-state index is 12.7. The molecular formula is C21H43NOS. The van der Waals surface area contributed by atoms with Crippen LogP contribution in [0, 0.1) is 11.3 Å². The summed E-state index contributed by atoms with van der Waals surface area (Å²) >= 11 is 1.93. The minimum Gasteiger partial charge on any atom is -0.338 e. The highest BCUT2D eigenvalue weighted by Gasteiger charge is 2.26. The Morgan fingerprint density at radius 2 is 1.62 bits per heavy atom. The van der Waals surface area contributed by atoms with Crippen LogP contribution in [0.2, 0.25) is 0 Å². The van der Waals surface area contributed by atoms with E-state index in [9.17, 15) is 4.79 Å². The average molecular weight is 358 g/mol. The van der Waals surface area contributed by atoms with E-state index in [1.807, 2.05) is 11.8 Å². The minimum atomic E-state index is -0.0688. The molecule has 0 fully saturated rings. The lowest BCUT2D eigenvalue weighted by Crippen LogP contribution is -2.46. The monoisotopic (exact) mass is 357 g/mol. The molecule has 0 aliphatic rings. The van der Waals surface area contributed by atoms with Crippen LogP contribution >= 0.6 is 11.8 Å². The molecule has 0 rings (SSSR count). The third-order valence-electron chi connectivity index (χ3n) is 4.57. The predicted molar refractivity (Wildman–Crippen MR) is 111 cm³/mol. The van der Waals surface area contributed by atoms with E-state index in [1.54, 1.807) is 0 Å². The van der Waals surface area contributed by atoms with Gasteiger partial charge in [-0.15, -0.1) is 0 Å². The Hall–Kier alpha value is -0.180. The number of unbranched alkanes of at least 4 members (excludes halogenated alkanes) is 1. The topological polar surface area (TPSA) is 20.3 Å². The Morgan fingerprint density at radius 1 is 1.00 bits per heavy atom. The van der Waals surface area contributed by atoms with Gasteiger partial charge in [0, 0.05) is 18.5 Å². The highest BCUT2D eigenvalue weighted by molar-refractivity contribution is 7.98. The van der Waals surface area contributed by atoms with Crippen molar-refractivity contribution in [1.29, 1.82) is 0 Å². The Bertz CT molecular complexity index is 341. The van der Waals surface area contributed by atoms with Crippen LogP contribution in [0.15, 0.2) is 0 Å². The van der Waals surface area contributed by atoms with Crippen molar-refractivity contribution in [1.82, 2.24) is 4.90 Å². The molecule has 0 aliphatic heterocycles. The summed E-state index contributed by atoms with van der Waals surface area (Å²) in [4.78, 5) is 14.8. The number of nitrogens with zero attached hydrogens (tertiary/aromatic N) is 1. The summed E-state index contributed by atoms with van der Waals surface area (Å²) in [5.74, 6) is 2.39. The molecule has 0 bridgehead atoms. The number of rotatable bonds is 11. The fourth-order valence-corrected chi connectivity index (χ4v) is 3.61. The van der Waals surface area contributed by atoms with Gasteiger partial charge in [0.15, 0.2) is 0 Å². The van der Waals surface area contributed by atoms with Crippen molar-refractivity contribution in [3.8, 4) is 0 Å². The molecule has 0 heterocycles. The zero-order valence-electron chi connectivity index (χ0n) is 17.7. The minimum absolute atomic E-state index is 0.0688. The molecule has 0 aromatic rings. The SMILES string of the molecule is CSCCC(C)CCCCC(=O)N(CCCC(C)(C)C)C(C)(C)C. The standard InChI is InChI=1S/C21H43NOS/c1-18(14-17-24-8)12-9-10-13-19(23)22(21(5,6)7)16-11-15-20(2,3)4/h18H,9-17H2,1-8H3.